The number of nitrogens with two attached hydrogens (primary N) is 1. The Morgan fingerprint density at radius 3 is 2.46 bits per heavy atom. The molecule has 37 heavy (non-hydrogen) atoms. The van der Waals surface area contributed by atoms with Gasteiger partial charge in [-0.3, -0.25) is 14.5 Å². The Morgan fingerprint density at radius 2 is 1.84 bits per heavy atom. The van der Waals surface area contributed by atoms with Gasteiger partial charge in [-0.1, -0.05) is 6.07 Å². The van der Waals surface area contributed by atoms with Crippen LogP contribution < -0.4 is 5.73 Å². The molecule has 1 saturated carbocycles. The largest absolute Gasteiger partial charge is 0.387 e. The molecule has 0 spiro atoms. The van der Waals surface area contributed by atoms with Crippen molar-refractivity contribution in [3.05, 3.63) is 48.0 Å². The van der Waals surface area contributed by atoms with Crippen LogP contribution in [0.4, 0.5) is 5.82 Å². The van der Waals surface area contributed by atoms with E-state index in [0.717, 1.165) is 77.9 Å². The highest BCUT2D eigenvalue weighted by Crippen LogP contribution is 2.50. The summed E-state index contributed by atoms with van der Waals surface area (Å²) < 4.78 is 3.54. The molecule has 0 radical (unpaired) electrons. The summed E-state index contributed by atoms with van der Waals surface area (Å²) >= 11 is 0. The van der Waals surface area contributed by atoms with Crippen molar-refractivity contribution in [1.82, 2.24) is 34.3 Å². The number of carbonyl (C=O) groups is 1. The van der Waals surface area contributed by atoms with Gasteiger partial charge in [0.05, 0.1) is 17.6 Å². The summed E-state index contributed by atoms with van der Waals surface area (Å²) in [5.74, 6) is 1.17. The zero-order chi connectivity index (χ0) is 25.3. The van der Waals surface area contributed by atoms with Crippen LogP contribution >= 0.6 is 0 Å². The lowest BCUT2D eigenvalue weighted by molar-refractivity contribution is -0.138. The van der Waals surface area contributed by atoms with E-state index in [0.29, 0.717) is 11.7 Å². The smallest absolute Gasteiger partial charge is 0.248 e. The van der Waals surface area contributed by atoms with Crippen molar-refractivity contribution in [3.8, 4) is 22.5 Å². The maximum atomic E-state index is 12.4. The quantitative estimate of drug-likeness (QED) is 0.433. The number of anilines is 1. The molecule has 2 aliphatic heterocycles. The molecule has 190 valence electrons. The van der Waals surface area contributed by atoms with E-state index in [1.54, 1.807) is 9.20 Å². The minimum absolute atomic E-state index is 0.155. The van der Waals surface area contributed by atoms with Crippen molar-refractivity contribution in [2.45, 2.75) is 62.4 Å². The van der Waals surface area contributed by atoms with Crippen molar-refractivity contribution < 1.29 is 9.90 Å². The van der Waals surface area contributed by atoms with Crippen molar-refractivity contribution in [2.75, 3.05) is 12.3 Å². The van der Waals surface area contributed by atoms with Crippen LogP contribution in [0, 0.1) is 0 Å². The number of piperidine rings is 1. The van der Waals surface area contributed by atoms with E-state index in [1.807, 2.05) is 48.7 Å². The van der Waals surface area contributed by atoms with Gasteiger partial charge in [-0.05, 0) is 56.6 Å². The second kappa shape index (κ2) is 8.37. The number of hydrogen-bond acceptors (Lipinski definition) is 7. The van der Waals surface area contributed by atoms with E-state index in [1.165, 1.54) is 0 Å². The van der Waals surface area contributed by atoms with Crippen LogP contribution in [0.1, 0.15) is 61.6 Å². The molecule has 0 aromatic carbocycles. The third kappa shape index (κ3) is 3.61. The van der Waals surface area contributed by atoms with E-state index in [4.69, 9.17) is 10.7 Å². The molecule has 0 unspecified atom stereocenters. The number of fused-ring (bicyclic) bond motifs is 3. The van der Waals surface area contributed by atoms with Gasteiger partial charge in [-0.15, -0.1) is 0 Å². The highest BCUT2D eigenvalue weighted by Gasteiger charge is 2.45. The number of carbonyl (C=O) groups excluding carboxylic acids is 1. The SMILES string of the molecule is Cn1ccc(-c2ccc(-c3cnn4c(N)c(C5CC5)c([C@H]5C[C@H]6CC[C@@H](C5)N6C(=O)CO)nc34)cn2)n1. The van der Waals surface area contributed by atoms with Gasteiger partial charge >= 0.3 is 0 Å². The Kier molecular flexibility index (Phi) is 5.07. The molecule has 4 aromatic rings. The fraction of sp³-hybridized carbons (Fsp3) is 0.444. The number of rotatable bonds is 5. The fourth-order valence-corrected chi connectivity index (χ4v) is 6.50. The molecule has 3 fully saturated rings. The summed E-state index contributed by atoms with van der Waals surface area (Å²) in [6.07, 6.45) is 11.5. The molecule has 3 atom stereocenters. The number of nitrogen functional groups attached to an aromatic ring is 1. The molecule has 6 heterocycles. The van der Waals surface area contributed by atoms with E-state index in [9.17, 15) is 9.90 Å². The average molecular weight is 499 g/mol. The Labute approximate surface area is 214 Å². The van der Waals surface area contributed by atoms with Gasteiger partial charge in [0.2, 0.25) is 5.91 Å². The zero-order valence-corrected chi connectivity index (χ0v) is 20.8. The van der Waals surface area contributed by atoms with Crippen molar-refractivity contribution in [3.63, 3.8) is 0 Å². The summed E-state index contributed by atoms with van der Waals surface area (Å²) in [7, 11) is 1.89. The van der Waals surface area contributed by atoms with Gasteiger partial charge in [0.1, 0.15) is 18.1 Å². The molecule has 3 N–H and O–H groups in total. The number of aromatic nitrogens is 6. The van der Waals surface area contributed by atoms with Crippen molar-refractivity contribution in [1.29, 1.82) is 0 Å². The minimum atomic E-state index is -0.422. The molecule has 7 rings (SSSR count). The molecule has 4 aromatic heterocycles. The number of hydrogen-bond donors (Lipinski definition) is 2. The van der Waals surface area contributed by atoms with Gasteiger partial charge in [-0.2, -0.15) is 14.7 Å². The van der Waals surface area contributed by atoms with Crippen LogP contribution in [-0.2, 0) is 11.8 Å². The first-order valence-corrected chi connectivity index (χ1v) is 13.1. The van der Waals surface area contributed by atoms with Gasteiger partial charge in [0.15, 0.2) is 5.65 Å². The Balaban J connectivity index is 1.28. The first-order chi connectivity index (χ1) is 18.0. The maximum absolute atomic E-state index is 12.4. The summed E-state index contributed by atoms with van der Waals surface area (Å²) in [5.41, 5.74) is 13.2. The summed E-state index contributed by atoms with van der Waals surface area (Å²) in [6.45, 7) is -0.422. The molecule has 3 aliphatic rings. The monoisotopic (exact) mass is 498 g/mol. The van der Waals surface area contributed by atoms with E-state index >= 15 is 0 Å². The van der Waals surface area contributed by atoms with Gasteiger partial charge < -0.3 is 15.7 Å². The molecule has 2 bridgehead atoms. The van der Waals surface area contributed by atoms with E-state index < -0.39 is 6.61 Å². The first-order valence-electron chi connectivity index (χ1n) is 13.1. The standard InChI is InChI=1S/C27H30N8O2/c1-33-9-8-22(32-33)21-7-4-16(12-29-21)20-13-30-35-26(28)24(15-2-3-15)25(31-27(20)35)17-10-18-5-6-19(11-17)34(18)23(37)14-36/h4,7-9,12-13,15,17-19,36H,2-3,5-6,10-11,14,28H2,1H3/t17-,18+,19-. The predicted molar refractivity (Wildman–Crippen MR) is 138 cm³/mol. The van der Waals surface area contributed by atoms with E-state index in [-0.39, 0.29) is 23.9 Å². The fourth-order valence-electron chi connectivity index (χ4n) is 6.50. The lowest BCUT2D eigenvalue weighted by Crippen LogP contribution is -2.47. The van der Waals surface area contributed by atoms with Crippen LogP contribution in [0.25, 0.3) is 28.2 Å². The number of aliphatic hydroxyl groups excluding tert-OH is 1. The second-order valence-corrected chi connectivity index (χ2v) is 10.7. The van der Waals surface area contributed by atoms with Crippen LogP contribution in [0.2, 0.25) is 0 Å². The second-order valence-electron chi connectivity index (χ2n) is 10.7. The minimum Gasteiger partial charge on any atom is -0.387 e. The summed E-state index contributed by atoms with van der Waals surface area (Å²) in [4.78, 5) is 24.2. The number of nitrogens with zero attached hydrogens (tertiary/aromatic N) is 7. The predicted octanol–water partition coefficient (Wildman–Crippen LogP) is 2.88. The van der Waals surface area contributed by atoms with Crippen LogP contribution in [0.15, 0.2) is 36.8 Å². The average Bonchev–Trinajstić information content (AvgIpc) is 3.40. The molecule has 10 heteroatoms. The highest BCUT2D eigenvalue weighted by atomic mass is 16.3. The first kappa shape index (κ1) is 22.4. The third-order valence-electron chi connectivity index (χ3n) is 8.33. The molecular weight excluding hydrogens is 468 g/mol. The summed E-state index contributed by atoms with van der Waals surface area (Å²) in [5, 5.41) is 18.5. The van der Waals surface area contributed by atoms with Crippen molar-refractivity contribution >= 4 is 17.4 Å². The molecular formula is C27H30N8O2. The van der Waals surface area contributed by atoms with Crippen LogP contribution in [-0.4, -0.2) is 64.0 Å². The zero-order valence-electron chi connectivity index (χ0n) is 20.8. The Bertz CT molecular complexity index is 1490. The molecule has 2 saturated heterocycles. The molecule has 1 aliphatic carbocycles. The summed E-state index contributed by atoms with van der Waals surface area (Å²) in [6, 6.07) is 6.25. The topological polar surface area (TPSA) is 127 Å². The Hall–Kier alpha value is -3.79. The van der Waals surface area contributed by atoms with Gasteiger partial charge in [0.25, 0.3) is 0 Å². The lowest BCUT2D eigenvalue weighted by Gasteiger charge is -2.39. The number of aryl methyl sites for hydroxylation is 1. The Morgan fingerprint density at radius 1 is 1.05 bits per heavy atom. The third-order valence-corrected chi connectivity index (χ3v) is 8.33. The number of pyridine rings is 1. The number of amides is 1. The molecule has 1 amide bonds. The van der Waals surface area contributed by atoms with Crippen LogP contribution in [0.5, 0.6) is 0 Å². The highest BCUT2D eigenvalue weighted by molar-refractivity contribution is 5.80. The van der Waals surface area contributed by atoms with E-state index in [2.05, 4.69) is 15.2 Å². The number of aliphatic hydroxyl groups is 1. The normalized spacial score (nSPS) is 23.2. The lowest BCUT2D eigenvalue weighted by atomic mass is 9.85. The molecule has 10 nitrogen and oxygen atoms in total. The maximum Gasteiger partial charge on any atom is 0.248 e. The van der Waals surface area contributed by atoms with Crippen LogP contribution in [0.3, 0.4) is 0 Å². The van der Waals surface area contributed by atoms with Gasteiger partial charge in [-0.25, -0.2) is 4.98 Å². The van der Waals surface area contributed by atoms with Gasteiger partial charge in [0, 0.05) is 54.1 Å². The van der Waals surface area contributed by atoms with Crippen molar-refractivity contribution in [2.24, 2.45) is 7.05 Å².